The van der Waals surface area contributed by atoms with Crippen molar-refractivity contribution in [3.05, 3.63) is 107 Å². The fourth-order valence-electron chi connectivity index (χ4n) is 8.64. The number of carbonyl (C=O) groups excluding carboxylic acids is 4. The Morgan fingerprint density at radius 2 is 1.54 bits per heavy atom. The van der Waals surface area contributed by atoms with Gasteiger partial charge in [-0.15, -0.1) is 0 Å². The molecule has 3 N–H and O–H groups in total. The number of benzene rings is 3. The van der Waals surface area contributed by atoms with Crippen LogP contribution in [-0.2, 0) is 21.6 Å². The summed E-state index contributed by atoms with van der Waals surface area (Å²) in [5.41, 5.74) is 4.69. The fraction of sp³-hybridized carbons (Fsp3) is 0.409. The van der Waals surface area contributed by atoms with Crippen molar-refractivity contribution in [2.24, 2.45) is 5.41 Å². The molecule has 5 heterocycles. The van der Waals surface area contributed by atoms with E-state index in [0.29, 0.717) is 12.0 Å². The average molecular weight is 770 g/mol. The number of nitrogens with zero attached hydrogens (tertiary/aromatic N) is 4. The Kier molecular flexibility index (Phi) is 9.42. The number of rotatable bonds is 11. The van der Waals surface area contributed by atoms with Gasteiger partial charge in [0.15, 0.2) is 0 Å². The van der Waals surface area contributed by atoms with Crippen LogP contribution in [0.5, 0.6) is 11.5 Å². The summed E-state index contributed by atoms with van der Waals surface area (Å²) >= 11 is 0. The molecule has 3 aromatic carbocycles. The second-order valence-electron chi connectivity index (χ2n) is 16.7. The molecule has 13 nitrogen and oxygen atoms in total. The molecular formula is C44H47N7O6. The molecule has 0 radical (unpaired) electrons. The number of anilines is 2. The summed E-state index contributed by atoms with van der Waals surface area (Å²) in [5.74, 6) is 0.342. The van der Waals surface area contributed by atoms with E-state index in [9.17, 15) is 19.2 Å². The molecule has 1 unspecified atom stereocenters. The Bertz CT molecular complexity index is 2200. The molecule has 4 aliphatic heterocycles. The number of hydrogen-bond acceptors (Lipinski definition) is 11. The first-order valence-electron chi connectivity index (χ1n) is 19.9. The van der Waals surface area contributed by atoms with Crippen molar-refractivity contribution in [2.45, 2.75) is 82.6 Å². The molecular weight excluding hydrogens is 723 g/mol. The SMILES string of the molecule is CC(C)(c1ccc(OCc2ccnc(N3CCC4(CC3)CNC4)n2)cc1)c1ccc(OC2CC(Nc3ccc4c(c3)C(=O)N(C3CCC(=O)NC3=O)C4=O)C2)cc1. The van der Waals surface area contributed by atoms with Crippen molar-refractivity contribution >= 4 is 35.3 Å². The van der Waals surface area contributed by atoms with Crippen LogP contribution in [0.2, 0.25) is 0 Å². The molecule has 57 heavy (non-hydrogen) atoms. The average Bonchev–Trinajstić information content (AvgIpc) is 3.44. The zero-order chi connectivity index (χ0) is 39.3. The van der Waals surface area contributed by atoms with E-state index in [-0.39, 0.29) is 41.5 Å². The molecule has 9 rings (SSSR count). The number of carbonyl (C=O) groups is 4. The number of aromatic nitrogens is 2. The van der Waals surface area contributed by atoms with Crippen LogP contribution >= 0.6 is 0 Å². The largest absolute Gasteiger partial charge is 0.490 e. The van der Waals surface area contributed by atoms with Crippen molar-refractivity contribution in [3.63, 3.8) is 0 Å². The number of hydrogen-bond donors (Lipinski definition) is 3. The van der Waals surface area contributed by atoms with Gasteiger partial charge in [-0.25, -0.2) is 9.97 Å². The van der Waals surface area contributed by atoms with Gasteiger partial charge in [0.2, 0.25) is 17.8 Å². The summed E-state index contributed by atoms with van der Waals surface area (Å²) in [6, 6.07) is 22.7. The number of ether oxygens (including phenoxy) is 2. The molecule has 3 saturated heterocycles. The summed E-state index contributed by atoms with van der Waals surface area (Å²) in [5, 5.41) is 9.10. The van der Waals surface area contributed by atoms with E-state index in [2.05, 4.69) is 63.9 Å². The van der Waals surface area contributed by atoms with Crippen LogP contribution in [0.1, 0.15) is 89.9 Å². The van der Waals surface area contributed by atoms with E-state index in [1.165, 1.54) is 24.0 Å². The summed E-state index contributed by atoms with van der Waals surface area (Å²) in [6.07, 6.45) is 6.01. The van der Waals surface area contributed by atoms with Gasteiger partial charge in [0.25, 0.3) is 11.8 Å². The lowest BCUT2D eigenvalue weighted by molar-refractivity contribution is -0.136. The maximum Gasteiger partial charge on any atom is 0.262 e. The predicted octanol–water partition coefficient (Wildman–Crippen LogP) is 4.99. The van der Waals surface area contributed by atoms with Gasteiger partial charge in [-0.3, -0.25) is 29.4 Å². The highest BCUT2D eigenvalue weighted by atomic mass is 16.5. The lowest BCUT2D eigenvalue weighted by atomic mass is 9.73. The standard InChI is InChI=1S/C44H47N7O6/c1-43(2,27-3-8-32(9-4-27)56-24-30-15-18-46-42(48-30)50-19-16-44(17-20-50)25-45-26-44)28-5-10-33(11-6-28)57-34-21-31(22-34)47-29-7-12-35-36(23-29)41(55)51(40(35)54)37-13-14-38(52)49-39(37)53/h3-12,15,18,23,31,34,37,45,47H,13-14,16-17,19-22,24-26H2,1-2H3,(H,49,52,53). The van der Waals surface area contributed by atoms with Crippen molar-refractivity contribution < 1.29 is 28.7 Å². The van der Waals surface area contributed by atoms with E-state index in [0.717, 1.165) is 72.7 Å². The molecule has 4 amide bonds. The monoisotopic (exact) mass is 769 g/mol. The zero-order valence-corrected chi connectivity index (χ0v) is 32.3. The first-order chi connectivity index (χ1) is 27.5. The zero-order valence-electron chi connectivity index (χ0n) is 32.3. The fourth-order valence-corrected chi connectivity index (χ4v) is 8.64. The van der Waals surface area contributed by atoms with Crippen molar-refractivity contribution in [3.8, 4) is 11.5 Å². The third-order valence-electron chi connectivity index (χ3n) is 12.6. The van der Waals surface area contributed by atoms with Crippen LogP contribution < -0.4 is 30.3 Å². The summed E-state index contributed by atoms with van der Waals surface area (Å²) in [6.45, 7) is 9.04. The number of nitrogens with one attached hydrogen (secondary N) is 3. The first-order valence-corrected chi connectivity index (χ1v) is 19.9. The molecule has 1 aliphatic carbocycles. The molecule has 4 aromatic rings. The Hall–Kier alpha value is -5.82. The van der Waals surface area contributed by atoms with E-state index >= 15 is 0 Å². The molecule has 13 heteroatoms. The molecule has 5 aliphatic rings. The summed E-state index contributed by atoms with van der Waals surface area (Å²) in [4.78, 5) is 62.8. The van der Waals surface area contributed by atoms with Crippen LogP contribution in [0, 0.1) is 5.41 Å². The van der Waals surface area contributed by atoms with Gasteiger partial charge in [-0.1, -0.05) is 38.1 Å². The maximum absolute atomic E-state index is 13.2. The van der Waals surface area contributed by atoms with Gasteiger partial charge in [-0.2, -0.15) is 0 Å². The van der Waals surface area contributed by atoms with E-state index in [1.807, 2.05) is 36.5 Å². The van der Waals surface area contributed by atoms with Crippen molar-refractivity contribution in [1.29, 1.82) is 0 Å². The number of amides is 4. The minimum absolute atomic E-state index is 0.0468. The third-order valence-corrected chi connectivity index (χ3v) is 12.6. The van der Waals surface area contributed by atoms with Gasteiger partial charge in [0.05, 0.1) is 16.8 Å². The number of imide groups is 2. The Labute approximate surface area is 331 Å². The molecule has 1 aromatic heterocycles. The van der Waals surface area contributed by atoms with E-state index in [4.69, 9.17) is 14.5 Å². The quantitative estimate of drug-likeness (QED) is 0.177. The molecule has 294 valence electrons. The lowest BCUT2D eigenvalue weighted by Crippen LogP contribution is -2.58. The second-order valence-corrected chi connectivity index (χ2v) is 16.7. The van der Waals surface area contributed by atoms with Crippen LogP contribution in [0.25, 0.3) is 0 Å². The molecule has 0 bridgehead atoms. The predicted molar refractivity (Wildman–Crippen MR) is 212 cm³/mol. The Morgan fingerprint density at radius 3 is 2.21 bits per heavy atom. The highest BCUT2D eigenvalue weighted by Crippen LogP contribution is 2.37. The smallest absolute Gasteiger partial charge is 0.262 e. The van der Waals surface area contributed by atoms with Crippen LogP contribution in [0.4, 0.5) is 11.6 Å². The van der Waals surface area contributed by atoms with Gasteiger partial charge >= 0.3 is 0 Å². The van der Waals surface area contributed by atoms with Crippen LogP contribution in [0.3, 0.4) is 0 Å². The molecule has 1 saturated carbocycles. The topological polar surface area (TPSA) is 155 Å². The highest BCUT2D eigenvalue weighted by Gasteiger charge is 2.45. The molecule has 1 spiro atoms. The van der Waals surface area contributed by atoms with Gasteiger partial charge in [0.1, 0.15) is 30.3 Å². The van der Waals surface area contributed by atoms with E-state index in [1.54, 1.807) is 18.2 Å². The van der Waals surface area contributed by atoms with Gasteiger partial charge in [0, 0.05) is 68.8 Å². The normalized spacial score (nSPS) is 22.7. The summed E-state index contributed by atoms with van der Waals surface area (Å²) in [7, 11) is 0. The number of fused-ring (bicyclic) bond motifs is 1. The molecule has 4 fully saturated rings. The third kappa shape index (κ3) is 7.20. The maximum atomic E-state index is 13.2. The minimum Gasteiger partial charge on any atom is -0.490 e. The van der Waals surface area contributed by atoms with Crippen molar-refractivity contribution in [1.82, 2.24) is 25.5 Å². The number of piperidine rings is 2. The Morgan fingerprint density at radius 1 is 0.860 bits per heavy atom. The first kappa shape index (κ1) is 36.8. The second kappa shape index (κ2) is 14.6. The molecule has 1 atom stereocenters. The lowest BCUT2D eigenvalue weighted by Gasteiger charge is -2.48. The Balaban J connectivity index is 0.744. The van der Waals surface area contributed by atoms with Crippen LogP contribution in [0.15, 0.2) is 79.0 Å². The van der Waals surface area contributed by atoms with E-state index < -0.39 is 29.7 Å². The van der Waals surface area contributed by atoms with Gasteiger partial charge < -0.3 is 25.0 Å². The summed E-state index contributed by atoms with van der Waals surface area (Å²) < 4.78 is 12.4. The van der Waals surface area contributed by atoms with Crippen molar-refractivity contribution in [2.75, 3.05) is 36.4 Å². The highest BCUT2D eigenvalue weighted by molar-refractivity contribution is 6.23. The van der Waals surface area contributed by atoms with Crippen LogP contribution in [-0.4, -0.2) is 82.9 Å². The minimum atomic E-state index is -0.985. The van der Waals surface area contributed by atoms with Gasteiger partial charge in [-0.05, 0) is 84.3 Å².